The summed E-state index contributed by atoms with van der Waals surface area (Å²) < 4.78 is 6.89. The van der Waals surface area contributed by atoms with E-state index in [2.05, 4.69) is 15.2 Å². The predicted octanol–water partition coefficient (Wildman–Crippen LogP) is 5.11. The van der Waals surface area contributed by atoms with Crippen LogP contribution in [0, 0.1) is 6.92 Å². The number of nitrogens with zero attached hydrogens (tertiary/aromatic N) is 4. The molecule has 6 nitrogen and oxygen atoms in total. The Hall–Kier alpha value is -2.71. The molecule has 1 aromatic carbocycles. The molecule has 0 spiro atoms. The zero-order valence-corrected chi connectivity index (χ0v) is 18.0. The van der Waals surface area contributed by atoms with Gasteiger partial charge in [-0.1, -0.05) is 47.4 Å². The first-order valence-electron chi connectivity index (χ1n) is 9.15. The zero-order chi connectivity index (χ0) is 20.4. The first kappa shape index (κ1) is 19.6. The van der Waals surface area contributed by atoms with Crippen molar-refractivity contribution < 1.29 is 9.21 Å². The summed E-state index contributed by atoms with van der Waals surface area (Å²) in [7, 11) is 1.79. The molecule has 3 heterocycles. The summed E-state index contributed by atoms with van der Waals surface area (Å²) in [6.45, 7) is 3.91. The van der Waals surface area contributed by atoms with Crippen molar-refractivity contribution >= 4 is 40.0 Å². The SMILES string of the molecule is Cc1nnc(SCc2c(C(=O)N(C)C(C)c3cccnc3)oc3ccccc23)s1. The Kier molecular flexibility index (Phi) is 5.64. The fraction of sp³-hybridized carbons (Fsp3) is 0.238. The van der Waals surface area contributed by atoms with Gasteiger partial charge in [0.05, 0.1) is 6.04 Å². The van der Waals surface area contributed by atoms with Crippen LogP contribution in [0.15, 0.2) is 57.5 Å². The molecule has 0 saturated carbocycles. The number of aromatic nitrogens is 3. The van der Waals surface area contributed by atoms with E-state index in [1.807, 2.05) is 50.2 Å². The van der Waals surface area contributed by atoms with Crippen molar-refractivity contribution in [3.05, 3.63) is 70.7 Å². The summed E-state index contributed by atoms with van der Waals surface area (Å²) in [6, 6.07) is 11.5. The van der Waals surface area contributed by atoms with Crippen LogP contribution in [-0.2, 0) is 5.75 Å². The molecule has 0 N–H and O–H groups in total. The average Bonchev–Trinajstić information content (AvgIpc) is 3.34. The number of thioether (sulfide) groups is 1. The van der Waals surface area contributed by atoms with Gasteiger partial charge in [-0.2, -0.15) is 0 Å². The van der Waals surface area contributed by atoms with Gasteiger partial charge < -0.3 is 9.32 Å². The van der Waals surface area contributed by atoms with Gasteiger partial charge in [-0.05, 0) is 31.5 Å². The Morgan fingerprint density at radius 2 is 2.07 bits per heavy atom. The van der Waals surface area contributed by atoms with Crippen LogP contribution < -0.4 is 0 Å². The number of furan rings is 1. The van der Waals surface area contributed by atoms with Gasteiger partial charge in [-0.3, -0.25) is 9.78 Å². The molecule has 0 bridgehead atoms. The molecular formula is C21H20N4O2S2. The molecule has 3 aromatic heterocycles. The number of carbonyl (C=O) groups excluding carboxylic acids is 1. The fourth-order valence-electron chi connectivity index (χ4n) is 3.07. The molecule has 148 valence electrons. The molecular weight excluding hydrogens is 404 g/mol. The first-order valence-corrected chi connectivity index (χ1v) is 10.9. The number of pyridine rings is 1. The normalized spacial score (nSPS) is 12.2. The molecule has 0 aliphatic heterocycles. The molecule has 8 heteroatoms. The molecule has 0 aliphatic carbocycles. The first-order chi connectivity index (χ1) is 14.0. The number of aryl methyl sites for hydroxylation is 1. The molecule has 4 rings (SSSR count). The van der Waals surface area contributed by atoms with Crippen molar-refractivity contribution in [3.63, 3.8) is 0 Å². The van der Waals surface area contributed by atoms with E-state index >= 15 is 0 Å². The second-order valence-corrected chi connectivity index (χ2v) is 9.06. The lowest BCUT2D eigenvalue weighted by Crippen LogP contribution is -2.30. The highest BCUT2D eigenvalue weighted by atomic mass is 32.2. The number of benzene rings is 1. The summed E-state index contributed by atoms with van der Waals surface area (Å²) in [6.07, 6.45) is 3.50. The monoisotopic (exact) mass is 424 g/mol. The van der Waals surface area contributed by atoms with Crippen LogP contribution in [0.3, 0.4) is 0 Å². The minimum Gasteiger partial charge on any atom is -0.451 e. The highest BCUT2D eigenvalue weighted by molar-refractivity contribution is 8.00. The maximum absolute atomic E-state index is 13.3. The Bertz CT molecular complexity index is 1140. The topological polar surface area (TPSA) is 72.1 Å². The third-order valence-electron chi connectivity index (χ3n) is 4.81. The number of rotatable bonds is 6. The molecule has 1 amide bonds. The smallest absolute Gasteiger partial charge is 0.290 e. The Labute approximate surface area is 177 Å². The van der Waals surface area contributed by atoms with Gasteiger partial charge in [0.2, 0.25) is 0 Å². The van der Waals surface area contributed by atoms with E-state index in [9.17, 15) is 4.79 Å². The standard InChI is InChI=1S/C21H20N4O2S2/c1-13(15-7-6-10-22-11-15)25(3)20(26)19-17(12-28-21-24-23-14(2)29-21)16-8-4-5-9-18(16)27-19/h4-11,13H,12H2,1-3H3. The number of para-hydroxylation sites is 1. The van der Waals surface area contributed by atoms with E-state index in [-0.39, 0.29) is 11.9 Å². The molecule has 0 radical (unpaired) electrons. The van der Waals surface area contributed by atoms with Crippen molar-refractivity contribution in [1.29, 1.82) is 0 Å². The predicted molar refractivity (Wildman–Crippen MR) is 115 cm³/mol. The lowest BCUT2D eigenvalue weighted by molar-refractivity contribution is 0.0711. The van der Waals surface area contributed by atoms with Crippen molar-refractivity contribution in [2.24, 2.45) is 0 Å². The summed E-state index contributed by atoms with van der Waals surface area (Å²) in [5, 5.41) is 10.1. The quantitative estimate of drug-likeness (QED) is 0.400. The number of hydrogen-bond acceptors (Lipinski definition) is 7. The van der Waals surface area contributed by atoms with Crippen LogP contribution in [0.5, 0.6) is 0 Å². The fourth-order valence-corrected chi connectivity index (χ4v) is 4.91. The highest BCUT2D eigenvalue weighted by Gasteiger charge is 2.26. The van der Waals surface area contributed by atoms with Gasteiger partial charge in [0.15, 0.2) is 10.1 Å². The summed E-state index contributed by atoms with van der Waals surface area (Å²) in [5.41, 5.74) is 2.57. The maximum atomic E-state index is 13.3. The van der Waals surface area contributed by atoms with Crippen molar-refractivity contribution in [1.82, 2.24) is 20.1 Å². The van der Waals surface area contributed by atoms with Gasteiger partial charge in [-0.15, -0.1) is 10.2 Å². The molecule has 29 heavy (non-hydrogen) atoms. The van der Waals surface area contributed by atoms with E-state index in [4.69, 9.17) is 4.42 Å². The number of amides is 1. The number of fused-ring (bicyclic) bond motifs is 1. The van der Waals surface area contributed by atoms with Gasteiger partial charge in [0.1, 0.15) is 10.6 Å². The van der Waals surface area contributed by atoms with E-state index in [1.54, 1.807) is 47.4 Å². The van der Waals surface area contributed by atoms with Gasteiger partial charge in [0, 0.05) is 36.1 Å². The molecule has 1 unspecified atom stereocenters. The van der Waals surface area contributed by atoms with Crippen molar-refractivity contribution in [3.8, 4) is 0 Å². The Morgan fingerprint density at radius 3 is 2.79 bits per heavy atom. The van der Waals surface area contributed by atoms with Crippen LogP contribution in [-0.4, -0.2) is 33.0 Å². The Balaban J connectivity index is 1.65. The van der Waals surface area contributed by atoms with Crippen LogP contribution in [0.4, 0.5) is 0 Å². The van der Waals surface area contributed by atoms with Crippen LogP contribution in [0.2, 0.25) is 0 Å². The van der Waals surface area contributed by atoms with E-state index in [1.165, 1.54) is 0 Å². The molecule has 0 fully saturated rings. The summed E-state index contributed by atoms with van der Waals surface area (Å²) in [5.74, 6) is 0.807. The average molecular weight is 425 g/mol. The molecule has 4 aromatic rings. The third-order valence-corrected chi connectivity index (χ3v) is 6.81. The maximum Gasteiger partial charge on any atom is 0.290 e. The second-order valence-electron chi connectivity index (χ2n) is 6.66. The van der Waals surface area contributed by atoms with Crippen LogP contribution in [0.1, 0.15) is 39.7 Å². The summed E-state index contributed by atoms with van der Waals surface area (Å²) >= 11 is 3.11. The third kappa shape index (κ3) is 4.04. The van der Waals surface area contributed by atoms with Crippen LogP contribution >= 0.6 is 23.1 Å². The number of carbonyl (C=O) groups is 1. The van der Waals surface area contributed by atoms with Crippen molar-refractivity contribution in [2.45, 2.75) is 30.0 Å². The van der Waals surface area contributed by atoms with Gasteiger partial charge >= 0.3 is 0 Å². The lowest BCUT2D eigenvalue weighted by atomic mass is 10.1. The van der Waals surface area contributed by atoms with Crippen LogP contribution in [0.25, 0.3) is 11.0 Å². The Morgan fingerprint density at radius 1 is 1.24 bits per heavy atom. The van der Waals surface area contributed by atoms with Gasteiger partial charge in [-0.25, -0.2) is 0 Å². The van der Waals surface area contributed by atoms with Crippen molar-refractivity contribution in [2.75, 3.05) is 7.05 Å². The minimum atomic E-state index is -0.151. The van der Waals surface area contributed by atoms with E-state index in [0.717, 1.165) is 25.9 Å². The molecule has 0 aliphatic rings. The second kappa shape index (κ2) is 8.34. The molecule has 0 saturated heterocycles. The zero-order valence-electron chi connectivity index (χ0n) is 16.3. The van der Waals surface area contributed by atoms with Gasteiger partial charge in [0.25, 0.3) is 5.91 Å². The van der Waals surface area contributed by atoms with E-state index in [0.29, 0.717) is 17.1 Å². The number of hydrogen-bond donors (Lipinski definition) is 0. The summed E-state index contributed by atoms with van der Waals surface area (Å²) in [4.78, 5) is 19.2. The molecule has 1 atom stereocenters. The largest absolute Gasteiger partial charge is 0.451 e. The minimum absolute atomic E-state index is 0.129. The van der Waals surface area contributed by atoms with E-state index < -0.39 is 0 Å². The highest BCUT2D eigenvalue weighted by Crippen LogP contribution is 2.34. The lowest BCUT2D eigenvalue weighted by Gasteiger charge is -2.24.